The van der Waals surface area contributed by atoms with E-state index in [0.29, 0.717) is 0 Å². The number of carbonyl (C=O) groups excluding carboxylic acids is 3. The predicted octanol–water partition coefficient (Wildman–Crippen LogP) is -0.0759. The van der Waals surface area contributed by atoms with E-state index in [0.717, 1.165) is 38.0 Å². The molecule has 1 fully saturated rings. The highest BCUT2D eigenvalue weighted by molar-refractivity contribution is 7.89. The Morgan fingerprint density at radius 1 is 1.07 bits per heavy atom. The lowest BCUT2D eigenvalue weighted by atomic mass is 10.2. The number of benzene rings is 1. The fraction of sp³-hybridized carbons (Fsp3) is 0.471. The Hall–Kier alpha value is -2.66. The van der Waals surface area contributed by atoms with E-state index in [1.165, 1.54) is 19.2 Å². The van der Waals surface area contributed by atoms with Crippen molar-refractivity contribution in [3.63, 3.8) is 0 Å². The predicted molar refractivity (Wildman–Crippen MR) is 96.3 cm³/mol. The Labute approximate surface area is 162 Å². The summed E-state index contributed by atoms with van der Waals surface area (Å²) in [5, 5.41) is 0. The number of esters is 2. The van der Waals surface area contributed by atoms with Crippen molar-refractivity contribution >= 4 is 27.9 Å². The molecule has 1 aromatic carbocycles. The van der Waals surface area contributed by atoms with Crippen LogP contribution >= 0.6 is 0 Å². The van der Waals surface area contributed by atoms with E-state index in [9.17, 15) is 22.8 Å². The third-order valence-electron chi connectivity index (χ3n) is 3.98. The number of carbonyl (C=O) groups is 3. The van der Waals surface area contributed by atoms with Crippen molar-refractivity contribution in [1.82, 2.24) is 9.62 Å². The molecule has 0 spiro atoms. The second-order valence-corrected chi connectivity index (χ2v) is 7.76. The maximum atomic E-state index is 12.8. The molecule has 10 nitrogen and oxygen atoms in total. The van der Waals surface area contributed by atoms with Gasteiger partial charge in [-0.3, -0.25) is 14.4 Å². The van der Waals surface area contributed by atoms with Gasteiger partial charge in [0.2, 0.25) is 10.0 Å². The standard InChI is InChI=1S/C17H22N2O8S/c1-25-13-7-4-11(8-14(13)28(23,24)18-12-5-6-12)17(22)19(9-15(20)26-2)10-16(21)27-3/h4,7-8,12,18H,5-6,9-10H2,1-3H3. The molecule has 11 heteroatoms. The molecule has 154 valence electrons. The summed E-state index contributed by atoms with van der Waals surface area (Å²) < 4.78 is 41.9. The molecule has 0 aromatic heterocycles. The number of sulfonamides is 1. The normalized spacial score (nSPS) is 13.5. The van der Waals surface area contributed by atoms with Gasteiger partial charge in [0.25, 0.3) is 5.91 Å². The van der Waals surface area contributed by atoms with Crippen molar-refractivity contribution < 1.29 is 37.0 Å². The molecular weight excluding hydrogens is 392 g/mol. The van der Waals surface area contributed by atoms with Crippen molar-refractivity contribution in [3.8, 4) is 5.75 Å². The van der Waals surface area contributed by atoms with Crippen LogP contribution in [0.15, 0.2) is 23.1 Å². The minimum absolute atomic E-state index is 0.0372. The summed E-state index contributed by atoms with van der Waals surface area (Å²) in [6.45, 7) is -1.00. The third-order valence-corrected chi connectivity index (χ3v) is 5.52. The first-order valence-corrected chi connectivity index (χ1v) is 9.83. The molecule has 1 saturated carbocycles. The van der Waals surface area contributed by atoms with Crippen molar-refractivity contribution in [2.24, 2.45) is 0 Å². The monoisotopic (exact) mass is 414 g/mol. The number of ether oxygens (including phenoxy) is 3. The van der Waals surface area contributed by atoms with Crippen LogP contribution in [0.2, 0.25) is 0 Å². The SMILES string of the molecule is COC(=O)CN(CC(=O)OC)C(=O)c1ccc(OC)c(S(=O)(=O)NC2CC2)c1. The number of hydrogen-bond acceptors (Lipinski definition) is 8. The summed E-state index contributed by atoms with van der Waals surface area (Å²) in [5.41, 5.74) is -0.0372. The van der Waals surface area contributed by atoms with Crippen LogP contribution in [0.3, 0.4) is 0 Å². The number of nitrogens with one attached hydrogen (secondary N) is 1. The summed E-state index contributed by atoms with van der Waals surface area (Å²) in [5.74, 6) is -2.15. The van der Waals surface area contributed by atoms with Crippen LogP contribution in [0, 0.1) is 0 Å². The number of rotatable bonds is 9. The highest BCUT2D eigenvalue weighted by Gasteiger charge is 2.31. The molecule has 0 radical (unpaired) electrons. The minimum Gasteiger partial charge on any atom is -0.495 e. The van der Waals surface area contributed by atoms with Gasteiger partial charge < -0.3 is 19.1 Å². The Bertz CT molecular complexity index is 846. The van der Waals surface area contributed by atoms with Gasteiger partial charge in [0.1, 0.15) is 23.7 Å². The van der Waals surface area contributed by atoms with Gasteiger partial charge in [0.15, 0.2) is 0 Å². The van der Waals surface area contributed by atoms with E-state index >= 15 is 0 Å². The zero-order valence-electron chi connectivity index (χ0n) is 15.8. The molecule has 1 aliphatic rings. The molecule has 0 bridgehead atoms. The van der Waals surface area contributed by atoms with Crippen molar-refractivity contribution in [2.75, 3.05) is 34.4 Å². The second-order valence-electron chi connectivity index (χ2n) is 6.07. The quantitative estimate of drug-likeness (QED) is 0.556. The smallest absolute Gasteiger partial charge is 0.325 e. The molecule has 2 rings (SSSR count). The molecule has 1 aromatic rings. The molecule has 28 heavy (non-hydrogen) atoms. The highest BCUT2D eigenvalue weighted by atomic mass is 32.2. The summed E-state index contributed by atoms with van der Waals surface area (Å²) in [4.78, 5) is 36.7. The number of hydrogen-bond donors (Lipinski definition) is 1. The van der Waals surface area contributed by atoms with E-state index in [2.05, 4.69) is 14.2 Å². The van der Waals surface area contributed by atoms with Gasteiger partial charge >= 0.3 is 11.9 Å². The van der Waals surface area contributed by atoms with Gasteiger partial charge in [-0.25, -0.2) is 13.1 Å². The molecule has 0 atom stereocenters. The number of methoxy groups -OCH3 is 3. The van der Waals surface area contributed by atoms with Crippen LogP contribution in [0.25, 0.3) is 0 Å². The summed E-state index contributed by atoms with van der Waals surface area (Å²) in [6, 6.07) is 3.69. The highest BCUT2D eigenvalue weighted by Crippen LogP contribution is 2.28. The third kappa shape index (κ3) is 5.42. The van der Waals surface area contributed by atoms with Gasteiger partial charge in [0, 0.05) is 11.6 Å². The van der Waals surface area contributed by atoms with Crippen LogP contribution in [0.4, 0.5) is 0 Å². The molecule has 0 heterocycles. The maximum Gasteiger partial charge on any atom is 0.325 e. The molecule has 0 aliphatic heterocycles. The maximum absolute atomic E-state index is 12.8. The van der Waals surface area contributed by atoms with Crippen molar-refractivity contribution in [3.05, 3.63) is 23.8 Å². The van der Waals surface area contributed by atoms with Crippen LogP contribution in [0.5, 0.6) is 5.75 Å². The zero-order chi connectivity index (χ0) is 20.9. The first kappa shape index (κ1) is 21.6. The average Bonchev–Trinajstić information content (AvgIpc) is 3.49. The van der Waals surface area contributed by atoms with Gasteiger partial charge in [-0.1, -0.05) is 0 Å². The summed E-state index contributed by atoms with van der Waals surface area (Å²) >= 11 is 0. The summed E-state index contributed by atoms with van der Waals surface area (Å²) in [6.07, 6.45) is 1.48. The first-order valence-electron chi connectivity index (χ1n) is 8.35. The Kier molecular flexibility index (Phi) is 6.97. The van der Waals surface area contributed by atoms with E-state index in [4.69, 9.17) is 4.74 Å². The minimum atomic E-state index is -3.91. The lowest BCUT2D eigenvalue weighted by Crippen LogP contribution is -2.40. The Morgan fingerprint density at radius 3 is 2.11 bits per heavy atom. The van der Waals surface area contributed by atoms with Crippen LogP contribution < -0.4 is 9.46 Å². The largest absolute Gasteiger partial charge is 0.495 e. The fourth-order valence-corrected chi connectivity index (χ4v) is 3.83. The average molecular weight is 414 g/mol. The molecule has 0 saturated heterocycles. The number of nitrogens with zero attached hydrogens (tertiary/aromatic N) is 1. The molecule has 1 N–H and O–H groups in total. The van der Waals surface area contributed by atoms with E-state index in [1.807, 2.05) is 0 Å². The molecule has 1 amide bonds. The lowest BCUT2D eigenvalue weighted by molar-refractivity contribution is -0.144. The molecular formula is C17H22N2O8S. The van der Waals surface area contributed by atoms with E-state index in [-0.39, 0.29) is 22.3 Å². The lowest BCUT2D eigenvalue weighted by Gasteiger charge is -2.21. The van der Waals surface area contributed by atoms with Gasteiger partial charge in [-0.15, -0.1) is 0 Å². The molecule has 0 unspecified atom stereocenters. The van der Waals surface area contributed by atoms with Crippen molar-refractivity contribution in [2.45, 2.75) is 23.8 Å². The fourth-order valence-electron chi connectivity index (χ4n) is 2.33. The van der Waals surface area contributed by atoms with Crippen molar-refractivity contribution in [1.29, 1.82) is 0 Å². The van der Waals surface area contributed by atoms with E-state index < -0.39 is 41.0 Å². The topological polar surface area (TPSA) is 128 Å². The van der Waals surface area contributed by atoms with Crippen LogP contribution in [-0.4, -0.2) is 71.6 Å². The number of amides is 1. The van der Waals surface area contributed by atoms with Gasteiger partial charge in [-0.05, 0) is 31.0 Å². The summed E-state index contributed by atoms with van der Waals surface area (Å²) in [7, 11) is -0.305. The Balaban J connectivity index is 2.37. The first-order chi connectivity index (χ1) is 13.2. The zero-order valence-corrected chi connectivity index (χ0v) is 16.6. The van der Waals surface area contributed by atoms with E-state index in [1.54, 1.807) is 0 Å². The van der Waals surface area contributed by atoms with Crippen LogP contribution in [0.1, 0.15) is 23.2 Å². The van der Waals surface area contributed by atoms with Gasteiger partial charge in [0.05, 0.1) is 21.3 Å². The van der Waals surface area contributed by atoms with Crippen LogP contribution in [-0.2, 0) is 29.1 Å². The van der Waals surface area contributed by atoms with Gasteiger partial charge in [-0.2, -0.15) is 0 Å². The molecule has 1 aliphatic carbocycles. The second kappa shape index (κ2) is 9.02. The Morgan fingerprint density at radius 2 is 1.64 bits per heavy atom.